The maximum absolute atomic E-state index is 12.8. The number of amides is 1. The normalized spacial score (nSPS) is 11.5. The van der Waals surface area contributed by atoms with Crippen LogP contribution in [-0.2, 0) is 6.18 Å². The van der Waals surface area contributed by atoms with E-state index in [1.807, 2.05) is 0 Å². The summed E-state index contributed by atoms with van der Waals surface area (Å²) in [5.41, 5.74) is -0.992. The van der Waals surface area contributed by atoms with Crippen molar-refractivity contribution in [1.29, 1.82) is 0 Å². The lowest BCUT2D eigenvalue weighted by Gasteiger charge is -2.13. The molecule has 0 spiro atoms. The fourth-order valence-corrected chi connectivity index (χ4v) is 4.35. The van der Waals surface area contributed by atoms with Crippen LogP contribution in [0.5, 0.6) is 0 Å². The van der Waals surface area contributed by atoms with E-state index < -0.39 is 17.6 Å². The van der Waals surface area contributed by atoms with Crippen molar-refractivity contribution in [2.75, 3.05) is 5.32 Å². The fourth-order valence-electron chi connectivity index (χ4n) is 2.30. The Morgan fingerprint density at radius 3 is 2.46 bits per heavy atom. The van der Waals surface area contributed by atoms with Gasteiger partial charge >= 0.3 is 6.18 Å². The minimum Gasteiger partial charge on any atom is -0.331 e. The molecule has 1 aromatic heterocycles. The van der Waals surface area contributed by atoms with E-state index in [1.165, 1.54) is 0 Å². The highest BCUT2D eigenvalue weighted by molar-refractivity contribution is 7.80. The van der Waals surface area contributed by atoms with Crippen molar-refractivity contribution in [2.24, 2.45) is 0 Å². The van der Waals surface area contributed by atoms with E-state index in [1.54, 1.807) is 18.2 Å². The summed E-state index contributed by atoms with van der Waals surface area (Å²) in [6, 6.07) is 7.73. The lowest BCUT2D eigenvalue weighted by atomic mass is 10.2. The number of thiocarbonyl (C=S) groups is 1. The highest BCUT2D eigenvalue weighted by atomic mass is 35.5. The SMILES string of the molecule is O=C(NC(=S)Nc1cc(C(F)(F)F)ccc1Cl)c1sc2cc(Cl)ccc2c1Cl. The van der Waals surface area contributed by atoms with Crippen LogP contribution < -0.4 is 10.6 Å². The van der Waals surface area contributed by atoms with Crippen LogP contribution in [0.4, 0.5) is 18.9 Å². The smallest absolute Gasteiger partial charge is 0.331 e. The molecule has 1 amide bonds. The van der Waals surface area contributed by atoms with Crippen LogP contribution in [-0.4, -0.2) is 11.0 Å². The number of carbonyl (C=O) groups is 1. The molecule has 3 aromatic rings. The van der Waals surface area contributed by atoms with Crippen LogP contribution >= 0.6 is 58.4 Å². The van der Waals surface area contributed by atoms with Gasteiger partial charge in [-0.25, -0.2) is 0 Å². The molecule has 0 aliphatic heterocycles. The summed E-state index contributed by atoms with van der Waals surface area (Å²) in [4.78, 5) is 12.7. The van der Waals surface area contributed by atoms with Crippen molar-refractivity contribution in [2.45, 2.75) is 6.18 Å². The molecule has 0 unspecified atom stereocenters. The molecule has 0 bridgehead atoms. The Balaban J connectivity index is 1.79. The van der Waals surface area contributed by atoms with Gasteiger partial charge in [-0.05, 0) is 42.5 Å². The van der Waals surface area contributed by atoms with Gasteiger partial charge in [0, 0.05) is 15.1 Å². The number of alkyl halides is 3. The number of hydrogen-bond donors (Lipinski definition) is 2. The molecule has 2 aromatic carbocycles. The van der Waals surface area contributed by atoms with Crippen LogP contribution in [0.15, 0.2) is 36.4 Å². The average Bonchev–Trinajstić information content (AvgIpc) is 2.92. The molecule has 0 saturated heterocycles. The number of thiophene rings is 1. The monoisotopic (exact) mass is 482 g/mol. The molecular formula is C17H8Cl3F3N2OS2. The molecule has 0 atom stereocenters. The minimum atomic E-state index is -4.54. The van der Waals surface area contributed by atoms with E-state index in [2.05, 4.69) is 10.6 Å². The van der Waals surface area contributed by atoms with Gasteiger partial charge < -0.3 is 5.32 Å². The highest BCUT2D eigenvalue weighted by Crippen LogP contribution is 2.37. The predicted octanol–water partition coefficient (Wildman–Crippen LogP) is 7.01. The van der Waals surface area contributed by atoms with E-state index >= 15 is 0 Å². The van der Waals surface area contributed by atoms with Gasteiger partial charge in [-0.15, -0.1) is 11.3 Å². The van der Waals surface area contributed by atoms with E-state index in [-0.39, 0.29) is 25.7 Å². The molecule has 0 radical (unpaired) electrons. The number of halogens is 6. The first-order valence-electron chi connectivity index (χ1n) is 7.43. The molecule has 2 N–H and O–H groups in total. The van der Waals surface area contributed by atoms with Gasteiger partial charge in [0.15, 0.2) is 5.11 Å². The van der Waals surface area contributed by atoms with Crippen molar-refractivity contribution < 1.29 is 18.0 Å². The molecule has 11 heteroatoms. The lowest BCUT2D eigenvalue weighted by molar-refractivity contribution is -0.137. The topological polar surface area (TPSA) is 41.1 Å². The third-order valence-corrected chi connectivity index (χ3v) is 5.99. The summed E-state index contributed by atoms with van der Waals surface area (Å²) in [6.07, 6.45) is -4.54. The van der Waals surface area contributed by atoms with Gasteiger partial charge in [0.1, 0.15) is 4.88 Å². The maximum atomic E-state index is 12.8. The summed E-state index contributed by atoms with van der Waals surface area (Å²) in [5.74, 6) is -0.608. The first-order chi connectivity index (χ1) is 13.1. The number of nitrogens with one attached hydrogen (secondary N) is 2. The Morgan fingerprint density at radius 2 is 1.79 bits per heavy atom. The van der Waals surface area contributed by atoms with E-state index in [0.29, 0.717) is 15.1 Å². The van der Waals surface area contributed by atoms with Gasteiger partial charge in [-0.2, -0.15) is 13.2 Å². The summed E-state index contributed by atoms with van der Waals surface area (Å²) in [5, 5.41) is 6.04. The first kappa shape index (κ1) is 21.1. The second-order valence-corrected chi connectivity index (χ2v) is 8.17. The average molecular weight is 484 g/mol. The molecular weight excluding hydrogens is 476 g/mol. The molecule has 0 aliphatic carbocycles. The molecule has 3 rings (SSSR count). The second-order valence-electron chi connectivity index (χ2n) is 5.49. The van der Waals surface area contributed by atoms with Crippen LogP contribution in [0.2, 0.25) is 15.1 Å². The molecule has 3 nitrogen and oxygen atoms in total. The minimum absolute atomic E-state index is 0.0131. The Labute approximate surface area is 181 Å². The third kappa shape index (κ3) is 4.52. The Kier molecular flexibility index (Phi) is 6.07. The lowest BCUT2D eigenvalue weighted by Crippen LogP contribution is -2.34. The number of anilines is 1. The van der Waals surface area contributed by atoms with Gasteiger partial charge in [-0.1, -0.05) is 40.9 Å². The van der Waals surface area contributed by atoms with Gasteiger partial charge in [-0.3, -0.25) is 10.1 Å². The van der Waals surface area contributed by atoms with Gasteiger partial charge in [0.05, 0.1) is 21.3 Å². The van der Waals surface area contributed by atoms with E-state index in [0.717, 1.165) is 29.5 Å². The largest absolute Gasteiger partial charge is 0.416 e. The zero-order chi connectivity index (χ0) is 20.6. The van der Waals surface area contributed by atoms with Crippen molar-refractivity contribution in [3.05, 3.63) is 61.9 Å². The zero-order valence-corrected chi connectivity index (χ0v) is 17.4. The molecule has 1 heterocycles. The van der Waals surface area contributed by atoms with E-state index in [9.17, 15) is 18.0 Å². The molecule has 0 saturated carbocycles. The van der Waals surface area contributed by atoms with Crippen molar-refractivity contribution in [1.82, 2.24) is 5.32 Å². The Hall–Kier alpha value is -1.58. The summed E-state index contributed by atoms with van der Waals surface area (Å²) >= 11 is 24.2. The predicted molar refractivity (Wildman–Crippen MR) is 112 cm³/mol. The highest BCUT2D eigenvalue weighted by Gasteiger charge is 2.31. The second kappa shape index (κ2) is 8.04. The van der Waals surface area contributed by atoms with Crippen molar-refractivity contribution in [3.8, 4) is 0 Å². The van der Waals surface area contributed by atoms with Crippen LogP contribution in [0, 0.1) is 0 Å². The molecule has 146 valence electrons. The summed E-state index contributed by atoms with van der Waals surface area (Å²) in [6.45, 7) is 0. The van der Waals surface area contributed by atoms with Crippen LogP contribution in [0.3, 0.4) is 0 Å². The molecule has 28 heavy (non-hydrogen) atoms. The van der Waals surface area contributed by atoms with Gasteiger partial charge in [0.25, 0.3) is 5.91 Å². The van der Waals surface area contributed by atoms with Crippen molar-refractivity contribution >= 4 is 85.2 Å². The summed E-state index contributed by atoms with van der Waals surface area (Å²) < 4.78 is 39.3. The Morgan fingerprint density at radius 1 is 1.07 bits per heavy atom. The quantitative estimate of drug-likeness (QED) is 0.385. The summed E-state index contributed by atoms with van der Waals surface area (Å²) in [7, 11) is 0. The molecule has 0 aliphatic rings. The fraction of sp³-hybridized carbons (Fsp3) is 0.0588. The number of carbonyl (C=O) groups excluding carboxylic acids is 1. The first-order valence-corrected chi connectivity index (χ1v) is 9.79. The maximum Gasteiger partial charge on any atom is 0.416 e. The standard InChI is InChI=1S/C17H8Cl3F3N2OS2/c18-8-2-3-9-12(6-8)28-14(13(9)20)15(26)25-16(27)24-11-5-7(17(21,22)23)1-4-10(11)19/h1-6H,(H2,24,25,26,27). The molecule has 0 fully saturated rings. The number of rotatable bonds is 2. The van der Waals surface area contributed by atoms with Gasteiger partial charge in [0.2, 0.25) is 0 Å². The zero-order valence-electron chi connectivity index (χ0n) is 13.5. The van der Waals surface area contributed by atoms with E-state index in [4.69, 9.17) is 47.0 Å². The number of fused-ring (bicyclic) bond motifs is 1. The Bertz CT molecular complexity index is 1100. The number of benzene rings is 2. The van der Waals surface area contributed by atoms with Crippen LogP contribution in [0.1, 0.15) is 15.2 Å². The van der Waals surface area contributed by atoms with Crippen LogP contribution in [0.25, 0.3) is 10.1 Å². The third-order valence-electron chi connectivity index (χ3n) is 3.57. The van der Waals surface area contributed by atoms with Crippen molar-refractivity contribution in [3.63, 3.8) is 0 Å². The number of hydrogen-bond acceptors (Lipinski definition) is 3.